The lowest BCUT2D eigenvalue weighted by molar-refractivity contribution is 1.19. The third kappa shape index (κ3) is 7.26. The first-order chi connectivity index (χ1) is 35.2. The van der Waals surface area contributed by atoms with Gasteiger partial charge in [0.05, 0.1) is 11.0 Å². The van der Waals surface area contributed by atoms with Crippen molar-refractivity contribution in [1.29, 1.82) is 0 Å². The summed E-state index contributed by atoms with van der Waals surface area (Å²) in [4.78, 5) is 2.44. The minimum absolute atomic E-state index is 1.08. The molecule has 0 N–H and O–H groups in total. The largest absolute Gasteiger partial charge is 0.311 e. The average Bonchev–Trinajstić information content (AvgIpc) is 3.79. The molecule has 2 nitrogen and oxygen atoms in total. The summed E-state index contributed by atoms with van der Waals surface area (Å²) in [6.45, 7) is 0. The molecule has 0 spiro atoms. The lowest BCUT2D eigenvalue weighted by atomic mass is 9.98. The van der Waals surface area contributed by atoms with E-state index < -0.39 is 8.07 Å². The van der Waals surface area contributed by atoms with Crippen LogP contribution in [0.1, 0.15) is 0 Å². The number of hydrogen-bond acceptors (Lipinski definition) is 1. The summed E-state index contributed by atoms with van der Waals surface area (Å²) in [6, 6.07) is 108. The van der Waals surface area contributed by atoms with Crippen molar-refractivity contribution >= 4 is 89.2 Å². The first-order valence-corrected chi connectivity index (χ1v) is 26.5. The highest BCUT2D eigenvalue weighted by molar-refractivity contribution is 7.19. The van der Waals surface area contributed by atoms with E-state index in [4.69, 9.17) is 0 Å². The van der Waals surface area contributed by atoms with E-state index in [0.717, 1.165) is 22.7 Å². The smallest absolute Gasteiger partial charge is 0.179 e. The molecule has 0 radical (unpaired) electrons. The number of rotatable bonds is 10. The van der Waals surface area contributed by atoms with Crippen LogP contribution < -0.4 is 25.6 Å². The van der Waals surface area contributed by atoms with E-state index in [-0.39, 0.29) is 0 Å². The van der Waals surface area contributed by atoms with Crippen molar-refractivity contribution in [3.63, 3.8) is 0 Å². The number of nitrogens with zero attached hydrogens (tertiary/aromatic N) is 2. The summed E-state index contributed by atoms with van der Waals surface area (Å²) >= 11 is 0. The van der Waals surface area contributed by atoms with Gasteiger partial charge in [0.25, 0.3) is 0 Å². The van der Waals surface area contributed by atoms with Crippen molar-refractivity contribution in [3.05, 3.63) is 291 Å². The molecule has 334 valence electrons. The van der Waals surface area contributed by atoms with Gasteiger partial charge in [0, 0.05) is 33.5 Å². The van der Waals surface area contributed by atoms with Crippen molar-refractivity contribution in [2.24, 2.45) is 0 Å². The zero-order valence-corrected chi connectivity index (χ0v) is 40.1. The normalized spacial score (nSPS) is 11.7. The quantitative estimate of drug-likeness (QED) is 0.0980. The number of aromatic nitrogens is 1. The molecular weight excluding hydrogens is 873 g/mol. The van der Waals surface area contributed by atoms with Gasteiger partial charge < -0.3 is 9.47 Å². The molecule has 1 heterocycles. The van der Waals surface area contributed by atoms with Crippen molar-refractivity contribution in [2.45, 2.75) is 0 Å². The maximum Gasteiger partial charge on any atom is 0.179 e. The summed E-state index contributed by atoms with van der Waals surface area (Å²) in [5.74, 6) is 0. The number of fused-ring (bicyclic) bond motifs is 5. The summed E-state index contributed by atoms with van der Waals surface area (Å²) in [6.07, 6.45) is 0. The van der Waals surface area contributed by atoms with Gasteiger partial charge in [-0.25, -0.2) is 0 Å². The van der Waals surface area contributed by atoms with Crippen molar-refractivity contribution < 1.29 is 0 Å². The molecule has 3 heteroatoms. The Kier molecular flexibility index (Phi) is 10.6. The van der Waals surface area contributed by atoms with Gasteiger partial charge in [-0.05, 0) is 125 Å². The molecule has 0 atom stereocenters. The Hall–Kier alpha value is -9.02. The summed E-state index contributed by atoms with van der Waals surface area (Å²) in [5, 5.41) is 12.8. The predicted molar refractivity (Wildman–Crippen MR) is 305 cm³/mol. The highest BCUT2D eigenvalue weighted by atomic mass is 28.3. The fourth-order valence-corrected chi connectivity index (χ4v) is 16.1. The Balaban J connectivity index is 0.978. The van der Waals surface area contributed by atoms with E-state index in [0.29, 0.717) is 0 Å². The Bertz CT molecular complexity index is 3930. The molecule has 0 bridgehead atoms. The molecular formula is C68H48N2Si. The Morgan fingerprint density at radius 3 is 1.42 bits per heavy atom. The van der Waals surface area contributed by atoms with Crippen molar-refractivity contribution in [2.75, 3.05) is 4.90 Å². The summed E-state index contributed by atoms with van der Waals surface area (Å²) in [5.41, 5.74) is 11.6. The molecule has 0 amide bonds. The highest BCUT2D eigenvalue weighted by Gasteiger charge is 2.41. The molecule has 0 unspecified atom stereocenters. The lowest BCUT2D eigenvalue weighted by Gasteiger charge is -2.35. The van der Waals surface area contributed by atoms with Crippen LogP contribution in [0, 0.1) is 0 Å². The van der Waals surface area contributed by atoms with Crippen LogP contribution in [0.2, 0.25) is 0 Å². The fourth-order valence-electron chi connectivity index (χ4n) is 11.3. The van der Waals surface area contributed by atoms with Gasteiger partial charge in [-0.2, -0.15) is 0 Å². The van der Waals surface area contributed by atoms with E-state index >= 15 is 0 Å². The maximum atomic E-state index is 2.47. The van der Waals surface area contributed by atoms with E-state index in [9.17, 15) is 0 Å². The average molecular weight is 921 g/mol. The van der Waals surface area contributed by atoms with Crippen LogP contribution in [-0.4, -0.2) is 12.6 Å². The van der Waals surface area contributed by atoms with E-state index in [1.165, 1.54) is 86.4 Å². The second kappa shape index (κ2) is 17.8. The fraction of sp³-hybridized carbons (Fsp3) is 0. The first-order valence-electron chi connectivity index (χ1n) is 24.5. The minimum atomic E-state index is -2.82. The summed E-state index contributed by atoms with van der Waals surface area (Å²) < 4.78 is 2.43. The van der Waals surface area contributed by atoms with Gasteiger partial charge in [0.2, 0.25) is 0 Å². The molecule has 0 fully saturated rings. The van der Waals surface area contributed by atoms with Crippen LogP contribution in [0.25, 0.3) is 71.3 Å². The third-order valence-corrected chi connectivity index (χ3v) is 19.3. The Morgan fingerprint density at radius 2 is 0.761 bits per heavy atom. The predicted octanol–water partition coefficient (Wildman–Crippen LogP) is 15.3. The van der Waals surface area contributed by atoms with Crippen molar-refractivity contribution in [1.82, 2.24) is 4.57 Å². The second-order valence-corrected chi connectivity index (χ2v) is 22.2. The van der Waals surface area contributed by atoms with Gasteiger partial charge in [0.1, 0.15) is 0 Å². The molecule has 0 aliphatic rings. The molecule has 12 aromatic carbocycles. The maximum absolute atomic E-state index is 2.82. The Morgan fingerprint density at radius 1 is 0.282 bits per heavy atom. The number of anilines is 3. The lowest BCUT2D eigenvalue weighted by Crippen LogP contribution is -2.74. The van der Waals surface area contributed by atoms with E-state index in [1.54, 1.807) is 0 Å². The highest BCUT2D eigenvalue weighted by Crippen LogP contribution is 2.41. The first kappa shape index (κ1) is 42.1. The van der Waals surface area contributed by atoms with Gasteiger partial charge in [0.15, 0.2) is 8.07 Å². The zero-order valence-electron chi connectivity index (χ0n) is 39.1. The molecule has 0 saturated carbocycles. The van der Waals surface area contributed by atoms with E-state index in [2.05, 4.69) is 301 Å². The van der Waals surface area contributed by atoms with Gasteiger partial charge >= 0.3 is 0 Å². The van der Waals surface area contributed by atoms with Crippen LogP contribution in [0.5, 0.6) is 0 Å². The molecule has 13 rings (SSSR count). The van der Waals surface area contributed by atoms with Crippen LogP contribution >= 0.6 is 0 Å². The minimum Gasteiger partial charge on any atom is -0.311 e. The SMILES string of the molecule is c1ccc([Si](c2ccccc2)(c2ccccc2)c2cccc(N(c3ccc(-c4cccc5ccccc45)cc3)c3ccc(-c4cccc5c4c4ccccc4n5-c4ccc5ccccc5c4)cc3)c2)cc1. The second-order valence-electron chi connectivity index (χ2n) is 18.4. The van der Waals surface area contributed by atoms with Crippen LogP contribution in [0.4, 0.5) is 17.1 Å². The zero-order chi connectivity index (χ0) is 47.1. The van der Waals surface area contributed by atoms with Gasteiger partial charge in [-0.3, -0.25) is 0 Å². The number of para-hydroxylation sites is 1. The molecule has 13 aromatic rings. The number of hydrogen-bond donors (Lipinski definition) is 0. The van der Waals surface area contributed by atoms with Crippen LogP contribution in [-0.2, 0) is 0 Å². The topological polar surface area (TPSA) is 8.17 Å². The molecule has 0 aliphatic heterocycles. The molecule has 0 saturated heterocycles. The van der Waals surface area contributed by atoms with Crippen LogP contribution in [0.15, 0.2) is 291 Å². The van der Waals surface area contributed by atoms with Crippen molar-refractivity contribution in [3.8, 4) is 27.9 Å². The molecule has 0 aliphatic carbocycles. The van der Waals surface area contributed by atoms with E-state index in [1.807, 2.05) is 0 Å². The summed E-state index contributed by atoms with van der Waals surface area (Å²) in [7, 11) is -2.82. The monoisotopic (exact) mass is 920 g/mol. The Labute approximate surface area is 415 Å². The van der Waals surface area contributed by atoms with Gasteiger partial charge in [-0.1, -0.05) is 231 Å². The molecule has 71 heavy (non-hydrogen) atoms. The third-order valence-electron chi connectivity index (χ3n) is 14.5. The molecule has 1 aromatic heterocycles. The number of benzene rings is 12. The van der Waals surface area contributed by atoms with Gasteiger partial charge in [-0.15, -0.1) is 0 Å². The van der Waals surface area contributed by atoms with Crippen LogP contribution in [0.3, 0.4) is 0 Å². The standard InChI is InChI=1S/C68H48N2Si/c1-4-24-58(25-5-1)71(59-26-6-2-7-27-59,60-28-8-3-9-29-60)61-30-17-23-56(48-61)69(54-42-38-51(39-43-54)63-33-16-22-50-20-12-13-31-62(50)63)55-44-40-52(41-45-55)64-34-18-36-67-68(64)65-32-14-15-35-66(65)70(67)57-46-37-49-19-10-11-21-53(49)47-57/h1-48H.